The van der Waals surface area contributed by atoms with Gasteiger partial charge < -0.3 is 9.67 Å². The fraction of sp³-hybridized carbons (Fsp3) is 0.172. The van der Waals surface area contributed by atoms with Crippen LogP contribution < -0.4 is 4.90 Å². The van der Waals surface area contributed by atoms with Crippen LogP contribution in [-0.2, 0) is 23.1 Å². The van der Waals surface area contributed by atoms with Crippen molar-refractivity contribution in [1.82, 2.24) is 14.5 Å². The number of nitrogens with zero attached hydrogens (tertiary/aromatic N) is 4. The number of carboxylic acid groups (broad SMARTS) is 1. The third-order valence-electron chi connectivity index (χ3n) is 6.54. The van der Waals surface area contributed by atoms with Gasteiger partial charge in [0, 0.05) is 48.0 Å². The van der Waals surface area contributed by atoms with E-state index in [1.54, 1.807) is 24.4 Å². The molecular formula is C29H24ClFN4O3S. The van der Waals surface area contributed by atoms with Crippen molar-refractivity contribution < 1.29 is 19.1 Å². The number of hydrogen-bond acceptors (Lipinski definition) is 5. The highest BCUT2D eigenvalue weighted by Gasteiger charge is 2.29. The Morgan fingerprint density at radius 1 is 1.13 bits per heavy atom. The monoisotopic (exact) mass is 562 g/mol. The van der Waals surface area contributed by atoms with E-state index in [-0.39, 0.29) is 23.7 Å². The molecule has 5 aromatic rings. The number of amides is 1. The van der Waals surface area contributed by atoms with Crippen molar-refractivity contribution in [3.8, 4) is 22.4 Å². The second kappa shape index (κ2) is 11.0. The Labute approximate surface area is 233 Å². The number of rotatable bonds is 8. The Morgan fingerprint density at radius 2 is 1.90 bits per heavy atom. The van der Waals surface area contributed by atoms with Gasteiger partial charge in [0.05, 0.1) is 12.3 Å². The van der Waals surface area contributed by atoms with E-state index >= 15 is 4.39 Å². The van der Waals surface area contributed by atoms with Crippen LogP contribution in [-0.4, -0.2) is 38.6 Å². The first-order valence-corrected chi connectivity index (χ1v) is 13.3. The predicted octanol–water partition coefficient (Wildman–Crippen LogP) is 6.45. The number of hydrogen-bond donors (Lipinski definition) is 1. The van der Waals surface area contributed by atoms with Crippen molar-refractivity contribution >= 4 is 51.0 Å². The molecule has 10 heteroatoms. The fourth-order valence-electron chi connectivity index (χ4n) is 4.59. The number of aliphatic carboxylic acids is 1. The number of carboxylic acids is 1. The molecule has 1 N–H and O–H groups in total. The van der Waals surface area contributed by atoms with Gasteiger partial charge in [0.25, 0.3) is 0 Å². The number of carbonyl (C=O) groups excluding carboxylic acids is 1. The van der Waals surface area contributed by atoms with E-state index in [1.165, 1.54) is 11.9 Å². The van der Waals surface area contributed by atoms with Gasteiger partial charge in [-0.2, -0.15) is 4.39 Å². The van der Waals surface area contributed by atoms with Crippen LogP contribution in [0.15, 0.2) is 73.1 Å². The van der Waals surface area contributed by atoms with Crippen molar-refractivity contribution in [1.29, 1.82) is 0 Å². The Bertz CT molecular complexity index is 1680. The summed E-state index contributed by atoms with van der Waals surface area (Å²) in [6, 6.07) is 18.3. The third kappa shape index (κ3) is 5.55. The summed E-state index contributed by atoms with van der Waals surface area (Å²) in [5.41, 5.74) is 3.63. The summed E-state index contributed by atoms with van der Waals surface area (Å²) in [5.74, 6) is -2.38. The predicted molar refractivity (Wildman–Crippen MR) is 152 cm³/mol. The Kier molecular flexibility index (Phi) is 7.45. The van der Waals surface area contributed by atoms with E-state index in [9.17, 15) is 14.7 Å². The van der Waals surface area contributed by atoms with Gasteiger partial charge in [-0.1, -0.05) is 59.3 Å². The fourth-order valence-corrected chi connectivity index (χ4v) is 5.54. The highest BCUT2D eigenvalue weighted by molar-refractivity contribution is 7.14. The van der Waals surface area contributed by atoms with Gasteiger partial charge in [-0.05, 0) is 41.8 Å². The minimum atomic E-state index is -1.09. The summed E-state index contributed by atoms with van der Waals surface area (Å²) >= 11 is 7.03. The van der Waals surface area contributed by atoms with Crippen LogP contribution in [0.5, 0.6) is 0 Å². The molecular weight excluding hydrogens is 539 g/mol. The number of aromatic nitrogens is 3. The molecule has 0 radical (unpaired) electrons. The molecule has 0 aliphatic carbocycles. The lowest BCUT2D eigenvalue weighted by Crippen LogP contribution is -2.35. The van der Waals surface area contributed by atoms with Gasteiger partial charge in [-0.15, -0.1) is 0 Å². The molecule has 1 atom stereocenters. The number of fused-ring (bicyclic) bond motifs is 1. The maximum atomic E-state index is 15.4. The summed E-state index contributed by atoms with van der Waals surface area (Å²) in [4.78, 5) is 35.2. The Morgan fingerprint density at radius 3 is 2.64 bits per heavy atom. The molecule has 0 saturated heterocycles. The van der Waals surface area contributed by atoms with Crippen LogP contribution in [0.4, 0.5) is 9.52 Å². The molecule has 0 spiro atoms. The van der Waals surface area contributed by atoms with Gasteiger partial charge in [0.1, 0.15) is 11.3 Å². The SMILES string of the molecule is CN(C(=O)[C@@H](CC(=O)O)Cc1ccccc1)c1nc(-c2cc(Cl)ccc2-c2cnc3c(ccn3C)c2)c(F)s1. The third-order valence-corrected chi connectivity index (χ3v) is 7.70. The van der Waals surface area contributed by atoms with Crippen molar-refractivity contribution in [2.24, 2.45) is 13.0 Å². The van der Waals surface area contributed by atoms with Crippen LogP contribution in [0, 0.1) is 11.0 Å². The molecule has 5 rings (SSSR count). The van der Waals surface area contributed by atoms with E-state index < -0.39 is 22.9 Å². The molecule has 1 amide bonds. The lowest BCUT2D eigenvalue weighted by molar-refractivity contribution is -0.140. The summed E-state index contributed by atoms with van der Waals surface area (Å²) in [7, 11) is 3.39. The second-order valence-electron chi connectivity index (χ2n) is 9.25. The van der Waals surface area contributed by atoms with Crippen LogP contribution in [0.25, 0.3) is 33.4 Å². The molecule has 0 fully saturated rings. The van der Waals surface area contributed by atoms with E-state index in [1.807, 2.05) is 60.3 Å². The number of halogens is 2. The minimum absolute atomic E-state index is 0.0538. The summed E-state index contributed by atoms with van der Waals surface area (Å²) in [6.07, 6.45) is 3.52. The first-order valence-electron chi connectivity index (χ1n) is 12.1. The number of thiazole rings is 1. The number of benzene rings is 2. The number of pyridine rings is 1. The van der Waals surface area contributed by atoms with Gasteiger partial charge in [-0.3, -0.25) is 14.5 Å². The average molecular weight is 563 g/mol. The Balaban J connectivity index is 1.49. The molecule has 0 bridgehead atoms. The minimum Gasteiger partial charge on any atom is -0.481 e. The van der Waals surface area contributed by atoms with Gasteiger partial charge in [-0.25, -0.2) is 9.97 Å². The molecule has 3 aromatic heterocycles. The summed E-state index contributed by atoms with van der Waals surface area (Å²) in [5, 5.41) is 10.3. The zero-order valence-electron chi connectivity index (χ0n) is 21.1. The lowest BCUT2D eigenvalue weighted by Gasteiger charge is -2.21. The second-order valence-corrected chi connectivity index (χ2v) is 10.6. The smallest absolute Gasteiger partial charge is 0.304 e. The van der Waals surface area contributed by atoms with Crippen molar-refractivity contribution in [2.45, 2.75) is 12.8 Å². The van der Waals surface area contributed by atoms with Crippen LogP contribution in [0.1, 0.15) is 12.0 Å². The molecule has 0 aliphatic rings. The van der Waals surface area contributed by atoms with Gasteiger partial charge in [0.2, 0.25) is 11.0 Å². The molecule has 0 saturated carbocycles. The van der Waals surface area contributed by atoms with Crippen LogP contribution in [0.3, 0.4) is 0 Å². The normalized spacial score (nSPS) is 12.0. The van der Waals surface area contributed by atoms with Crippen LogP contribution in [0.2, 0.25) is 5.02 Å². The highest BCUT2D eigenvalue weighted by Crippen LogP contribution is 2.39. The topological polar surface area (TPSA) is 88.3 Å². The maximum Gasteiger partial charge on any atom is 0.304 e. The largest absolute Gasteiger partial charge is 0.481 e. The van der Waals surface area contributed by atoms with E-state index in [0.29, 0.717) is 16.1 Å². The number of aryl methyl sites for hydroxylation is 1. The van der Waals surface area contributed by atoms with E-state index in [4.69, 9.17) is 11.6 Å². The van der Waals surface area contributed by atoms with Crippen LogP contribution >= 0.6 is 22.9 Å². The average Bonchev–Trinajstić information content (AvgIpc) is 3.49. The summed E-state index contributed by atoms with van der Waals surface area (Å²) < 4.78 is 17.3. The molecule has 3 heterocycles. The summed E-state index contributed by atoms with van der Waals surface area (Å²) in [6.45, 7) is 0. The molecule has 7 nitrogen and oxygen atoms in total. The highest BCUT2D eigenvalue weighted by atomic mass is 35.5. The first kappa shape index (κ1) is 26.5. The lowest BCUT2D eigenvalue weighted by atomic mass is 9.95. The quantitative estimate of drug-likeness (QED) is 0.235. The maximum absolute atomic E-state index is 15.4. The zero-order valence-corrected chi connectivity index (χ0v) is 22.7. The van der Waals surface area contributed by atoms with E-state index in [0.717, 1.165) is 33.5 Å². The number of carbonyl (C=O) groups is 2. The van der Waals surface area contributed by atoms with Crippen molar-refractivity contribution in [3.05, 3.63) is 88.8 Å². The molecule has 39 heavy (non-hydrogen) atoms. The first-order chi connectivity index (χ1) is 18.7. The Hall–Kier alpha value is -4.08. The molecule has 198 valence electrons. The molecule has 0 aliphatic heterocycles. The van der Waals surface area contributed by atoms with Crippen molar-refractivity contribution in [2.75, 3.05) is 11.9 Å². The van der Waals surface area contributed by atoms with Gasteiger partial charge in [0.15, 0.2) is 5.13 Å². The van der Waals surface area contributed by atoms with Gasteiger partial charge >= 0.3 is 5.97 Å². The standard InChI is InChI=1S/C29H24ClFN4O3S/c1-34-11-10-18-13-20(16-32-27(18)34)22-9-8-21(30)15-23(22)25-26(31)39-29(33-25)35(2)28(38)19(14-24(36)37)12-17-6-4-3-5-7-17/h3-11,13,15-16,19H,12,14H2,1-2H3,(H,36,37)/t19-/m1/s1. The number of anilines is 1. The van der Waals surface area contributed by atoms with E-state index in [2.05, 4.69) is 9.97 Å². The molecule has 0 unspecified atom stereocenters. The van der Waals surface area contributed by atoms with Crippen molar-refractivity contribution in [3.63, 3.8) is 0 Å². The molecule has 2 aromatic carbocycles. The zero-order chi connectivity index (χ0) is 27.7.